The van der Waals surface area contributed by atoms with E-state index in [2.05, 4.69) is 10.4 Å². The van der Waals surface area contributed by atoms with E-state index in [1.807, 2.05) is 53.0 Å². The van der Waals surface area contributed by atoms with Crippen molar-refractivity contribution in [2.24, 2.45) is 5.92 Å². The Morgan fingerprint density at radius 2 is 2.16 bits per heavy atom. The Hall–Kier alpha value is -2.34. The standard InChI is InChI=1S/C19H24N4O2/c1-14-8-9-23(21-14)17-5-3-2-4-16(17)12-20-19(24)22-10-11-25-13-18(22)15-6-7-15/h2-5,8-9,15,18H,6-7,10-13H2,1H3,(H,20,24). The number of hydrogen-bond acceptors (Lipinski definition) is 3. The summed E-state index contributed by atoms with van der Waals surface area (Å²) >= 11 is 0. The Morgan fingerprint density at radius 1 is 1.32 bits per heavy atom. The van der Waals surface area contributed by atoms with Crippen molar-refractivity contribution < 1.29 is 9.53 Å². The van der Waals surface area contributed by atoms with Crippen molar-refractivity contribution in [3.05, 3.63) is 47.8 Å². The number of morpholine rings is 1. The number of aromatic nitrogens is 2. The van der Waals surface area contributed by atoms with Crippen molar-refractivity contribution in [2.45, 2.75) is 32.4 Å². The molecule has 1 aromatic carbocycles. The zero-order valence-corrected chi connectivity index (χ0v) is 14.5. The number of para-hydroxylation sites is 1. The van der Waals surface area contributed by atoms with Crippen LogP contribution in [0.5, 0.6) is 0 Å². The van der Waals surface area contributed by atoms with Crippen LogP contribution in [0.2, 0.25) is 0 Å². The molecule has 2 aromatic rings. The highest BCUT2D eigenvalue weighted by Crippen LogP contribution is 2.36. The second kappa shape index (κ2) is 6.88. The number of rotatable bonds is 4. The summed E-state index contributed by atoms with van der Waals surface area (Å²) in [5.41, 5.74) is 3.02. The summed E-state index contributed by atoms with van der Waals surface area (Å²) in [6.07, 6.45) is 4.36. The van der Waals surface area contributed by atoms with Crippen LogP contribution in [0.3, 0.4) is 0 Å². The first-order chi connectivity index (χ1) is 12.2. The number of hydrogen-bond donors (Lipinski definition) is 1. The molecule has 4 rings (SSSR count). The Bertz CT molecular complexity index is 753. The van der Waals surface area contributed by atoms with Crippen LogP contribution in [-0.4, -0.2) is 46.5 Å². The molecule has 25 heavy (non-hydrogen) atoms. The Kier molecular flexibility index (Phi) is 4.44. The SMILES string of the molecule is Cc1ccn(-c2ccccc2CNC(=O)N2CCOCC2C2CC2)n1. The van der Waals surface area contributed by atoms with E-state index < -0.39 is 0 Å². The van der Waals surface area contributed by atoms with E-state index in [4.69, 9.17) is 4.74 Å². The highest BCUT2D eigenvalue weighted by molar-refractivity contribution is 5.75. The molecule has 1 N–H and O–H groups in total. The summed E-state index contributed by atoms with van der Waals surface area (Å²) in [4.78, 5) is 14.7. The Morgan fingerprint density at radius 3 is 2.92 bits per heavy atom. The minimum absolute atomic E-state index is 0.00616. The van der Waals surface area contributed by atoms with Crippen LogP contribution >= 0.6 is 0 Å². The molecule has 1 saturated heterocycles. The second-order valence-electron chi connectivity index (χ2n) is 6.86. The van der Waals surface area contributed by atoms with Gasteiger partial charge in [-0.2, -0.15) is 5.10 Å². The Labute approximate surface area is 147 Å². The van der Waals surface area contributed by atoms with Crippen molar-refractivity contribution >= 4 is 6.03 Å². The van der Waals surface area contributed by atoms with Gasteiger partial charge in [0, 0.05) is 19.3 Å². The van der Waals surface area contributed by atoms with Crippen LogP contribution in [0.1, 0.15) is 24.1 Å². The van der Waals surface area contributed by atoms with E-state index in [0.29, 0.717) is 32.2 Å². The summed E-state index contributed by atoms with van der Waals surface area (Å²) < 4.78 is 7.43. The van der Waals surface area contributed by atoms with Gasteiger partial charge in [-0.05, 0) is 43.4 Å². The van der Waals surface area contributed by atoms with Gasteiger partial charge >= 0.3 is 6.03 Å². The third kappa shape index (κ3) is 3.54. The highest BCUT2D eigenvalue weighted by Gasteiger charge is 2.39. The molecule has 0 bridgehead atoms. The van der Waals surface area contributed by atoms with Crippen LogP contribution in [0, 0.1) is 12.8 Å². The number of aryl methyl sites for hydroxylation is 1. The van der Waals surface area contributed by atoms with Gasteiger partial charge < -0.3 is 15.0 Å². The molecule has 1 atom stereocenters. The van der Waals surface area contributed by atoms with Gasteiger partial charge in [0.15, 0.2) is 0 Å². The zero-order chi connectivity index (χ0) is 17.2. The smallest absolute Gasteiger partial charge is 0.318 e. The summed E-state index contributed by atoms with van der Waals surface area (Å²) in [5.74, 6) is 0.616. The molecule has 1 aliphatic heterocycles. The lowest BCUT2D eigenvalue weighted by Gasteiger charge is -2.35. The molecule has 1 saturated carbocycles. The largest absolute Gasteiger partial charge is 0.377 e. The molecule has 1 aromatic heterocycles. The van der Waals surface area contributed by atoms with E-state index >= 15 is 0 Å². The molecule has 0 radical (unpaired) electrons. The first kappa shape index (κ1) is 16.1. The average Bonchev–Trinajstić information content (AvgIpc) is 3.41. The lowest BCUT2D eigenvalue weighted by atomic mass is 10.1. The fourth-order valence-corrected chi connectivity index (χ4v) is 3.45. The molecule has 132 valence electrons. The molecule has 6 nitrogen and oxygen atoms in total. The molecular weight excluding hydrogens is 316 g/mol. The normalized spacial score (nSPS) is 20.5. The van der Waals surface area contributed by atoms with Gasteiger partial charge in [-0.1, -0.05) is 18.2 Å². The number of urea groups is 1. The van der Waals surface area contributed by atoms with Crippen molar-refractivity contribution in [1.82, 2.24) is 20.0 Å². The summed E-state index contributed by atoms with van der Waals surface area (Å²) in [6.45, 7) is 4.42. The summed E-state index contributed by atoms with van der Waals surface area (Å²) in [5, 5.41) is 7.57. The lowest BCUT2D eigenvalue weighted by molar-refractivity contribution is 0.00463. The van der Waals surface area contributed by atoms with Crippen LogP contribution in [0.4, 0.5) is 4.79 Å². The molecule has 2 fully saturated rings. The number of amides is 2. The van der Waals surface area contributed by atoms with E-state index in [-0.39, 0.29) is 12.1 Å². The average molecular weight is 340 g/mol. The number of nitrogens with one attached hydrogen (secondary N) is 1. The quantitative estimate of drug-likeness (QED) is 0.930. The molecule has 1 unspecified atom stereocenters. The third-order valence-electron chi connectivity index (χ3n) is 4.98. The molecular formula is C19H24N4O2. The predicted octanol–water partition coefficient (Wildman–Crippen LogP) is 2.50. The third-order valence-corrected chi connectivity index (χ3v) is 4.98. The molecule has 2 aliphatic rings. The van der Waals surface area contributed by atoms with Gasteiger partial charge in [0.25, 0.3) is 0 Å². The summed E-state index contributed by atoms with van der Waals surface area (Å²) in [6, 6.07) is 10.2. The van der Waals surface area contributed by atoms with Crippen molar-refractivity contribution in [1.29, 1.82) is 0 Å². The first-order valence-electron chi connectivity index (χ1n) is 8.95. The fourth-order valence-electron chi connectivity index (χ4n) is 3.45. The maximum absolute atomic E-state index is 12.7. The van der Waals surface area contributed by atoms with Crippen LogP contribution < -0.4 is 5.32 Å². The predicted molar refractivity (Wildman–Crippen MR) is 94.6 cm³/mol. The van der Waals surface area contributed by atoms with E-state index in [1.165, 1.54) is 12.8 Å². The molecule has 0 spiro atoms. The number of ether oxygens (including phenoxy) is 1. The van der Waals surface area contributed by atoms with Gasteiger partial charge in [0.2, 0.25) is 0 Å². The van der Waals surface area contributed by atoms with Crippen molar-refractivity contribution in [2.75, 3.05) is 19.8 Å². The summed E-state index contributed by atoms with van der Waals surface area (Å²) in [7, 11) is 0. The van der Waals surface area contributed by atoms with Crippen LogP contribution in [-0.2, 0) is 11.3 Å². The monoisotopic (exact) mass is 340 g/mol. The van der Waals surface area contributed by atoms with E-state index in [1.54, 1.807) is 0 Å². The van der Waals surface area contributed by atoms with E-state index in [9.17, 15) is 4.79 Å². The minimum atomic E-state index is 0.00616. The molecule has 1 aliphatic carbocycles. The molecule has 2 heterocycles. The van der Waals surface area contributed by atoms with Gasteiger partial charge in [-0.15, -0.1) is 0 Å². The van der Waals surface area contributed by atoms with Gasteiger partial charge in [-0.3, -0.25) is 0 Å². The van der Waals surface area contributed by atoms with Crippen molar-refractivity contribution in [3.63, 3.8) is 0 Å². The minimum Gasteiger partial charge on any atom is -0.377 e. The highest BCUT2D eigenvalue weighted by atomic mass is 16.5. The number of nitrogens with zero attached hydrogens (tertiary/aromatic N) is 3. The van der Waals surface area contributed by atoms with E-state index in [0.717, 1.165) is 16.9 Å². The molecule has 6 heteroatoms. The van der Waals surface area contributed by atoms with Gasteiger partial charge in [0.05, 0.1) is 30.6 Å². The van der Waals surface area contributed by atoms with Crippen LogP contribution in [0.15, 0.2) is 36.5 Å². The maximum Gasteiger partial charge on any atom is 0.318 e. The van der Waals surface area contributed by atoms with Crippen molar-refractivity contribution in [3.8, 4) is 5.69 Å². The fraction of sp³-hybridized carbons (Fsp3) is 0.474. The number of carbonyl (C=O) groups is 1. The Balaban J connectivity index is 1.45. The zero-order valence-electron chi connectivity index (χ0n) is 14.5. The number of carbonyl (C=O) groups excluding carboxylic acids is 1. The molecule has 2 amide bonds. The maximum atomic E-state index is 12.7. The van der Waals surface area contributed by atoms with Gasteiger partial charge in [0.1, 0.15) is 0 Å². The topological polar surface area (TPSA) is 59.4 Å². The lowest BCUT2D eigenvalue weighted by Crippen LogP contribution is -2.53. The van der Waals surface area contributed by atoms with Crippen LogP contribution in [0.25, 0.3) is 5.69 Å². The number of benzene rings is 1. The van der Waals surface area contributed by atoms with Gasteiger partial charge in [-0.25, -0.2) is 9.48 Å². The first-order valence-corrected chi connectivity index (χ1v) is 8.95. The second-order valence-corrected chi connectivity index (χ2v) is 6.86.